The molecule has 6 heteroatoms. The van der Waals surface area contributed by atoms with Gasteiger partial charge in [0.25, 0.3) is 0 Å². The number of morpholine rings is 1. The van der Waals surface area contributed by atoms with Crippen LogP contribution in [0, 0.1) is 0 Å². The highest BCUT2D eigenvalue weighted by atomic mass is 16.5. The Balaban J connectivity index is 1.40. The second-order valence-corrected chi connectivity index (χ2v) is 6.22. The van der Waals surface area contributed by atoms with Gasteiger partial charge in [0.2, 0.25) is 5.95 Å². The van der Waals surface area contributed by atoms with Crippen LogP contribution in [0.4, 0.5) is 11.8 Å². The molecule has 23 heavy (non-hydrogen) atoms. The van der Waals surface area contributed by atoms with Crippen LogP contribution in [0.2, 0.25) is 0 Å². The summed E-state index contributed by atoms with van der Waals surface area (Å²) in [5, 5.41) is 3.46. The summed E-state index contributed by atoms with van der Waals surface area (Å²) in [7, 11) is 0. The quantitative estimate of drug-likeness (QED) is 0.898. The molecule has 120 valence electrons. The number of nitrogen functional groups attached to an aromatic ring is 1. The minimum Gasteiger partial charge on any atom is -0.371 e. The molecule has 2 aliphatic rings. The number of nitrogens with two attached hydrogens (primary N) is 1. The van der Waals surface area contributed by atoms with E-state index in [0.29, 0.717) is 18.0 Å². The monoisotopic (exact) mass is 311 g/mol. The summed E-state index contributed by atoms with van der Waals surface area (Å²) in [5.41, 5.74) is 6.90. The molecule has 3 heterocycles. The standard InChI is InChI=1S/C17H21N5O/c18-17-19-7-6-16(21-17)20-13-8-14-11-23-15(10-22(14)9-13)12-4-2-1-3-5-12/h1-7,13-15H,8-11H2,(H3,18,19,20,21)/t13-,14+,15-/m1/s1. The summed E-state index contributed by atoms with van der Waals surface area (Å²) in [6.07, 6.45) is 2.91. The molecule has 4 rings (SSSR count). The van der Waals surface area contributed by atoms with E-state index < -0.39 is 0 Å². The third-order valence-electron chi connectivity index (χ3n) is 4.62. The van der Waals surface area contributed by atoms with Gasteiger partial charge in [0.15, 0.2) is 0 Å². The smallest absolute Gasteiger partial charge is 0.221 e. The summed E-state index contributed by atoms with van der Waals surface area (Å²) < 4.78 is 6.08. The Morgan fingerprint density at radius 3 is 2.87 bits per heavy atom. The van der Waals surface area contributed by atoms with E-state index in [1.807, 2.05) is 12.1 Å². The van der Waals surface area contributed by atoms with Crippen LogP contribution in [0.15, 0.2) is 42.6 Å². The number of hydrogen-bond donors (Lipinski definition) is 2. The summed E-state index contributed by atoms with van der Waals surface area (Å²) in [4.78, 5) is 10.7. The molecule has 3 atom stereocenters. The summed E-state index contributed by atoms with van der Waals surface area (Å²) in [5.74, 6) is 1.10. The van der Waals surface area contributed by atoms with E-state index in [1.165, 1.54) is 5.56 Å². The fourth-order valence-corrected chi connectivity index (χ4v) is 3.51. The van der Waals surface area contributed by atoms with E-state index >= 15 is 0 Å². The molecule has 0 unspecified atom stereocenters. The van der Waals surface area contributed by atoms with Crippen LogP contribution in [0.3, 0.4) is 0 Å². The number of hydrogen-bond acceptors (Lipinski definition) is 6. The molecule has 0 aliphatic carbocycles. The normalized spacial score (nSPS) is 27.6. The zero-order valence-corrected chi connectivity index (χ0v) is 12.9. The minimum atomic E-state index is 0.167. The summed E-state index contributed by atoms with van der Waals surface area (Å²) in [6.45, 7) is 2.73. The Kier molecular flexibility index (Phi) is 3.85. The van der Waals surface area contributed by atoms with Crippen LogP contribution in [0.1, 0.15) is 18.1 Å². The predicted molar refractivity (Wildman–Crippen MR) is 89.0 cm³/mol. The number of ether oxygens (including phenoxy) is 1. The summed E-state index contributed by atoms with van der Waals surface area (Å²) >= 11 is 0. The van der Waals surface area contributed by atoms with Crippen molar-refractivity contribution in [1.29, 1.82) is 0 Å². The first kappa shape index (κ1) is 14.4. The number of nitrogens with zero attached hydrogens (tertiary/aromatic N) is 3. The molecule has 2 aromatic rings. The third-order valence-corrected chi connectivity index (χ3v) is 4.62. The average molecular weight is 311 g/mol. The van der Waals surface area contributed by atoms with E-state index in [0.717, 1.165) is 31.9 Å². The van der Waals surface area contributed by atoms with E-state index in [9.17, 15) is 0 Å². The Bertz CT molecular complexity index is 665. The maximum absolute atomic E-state index is 6.08. The molecule has 0 radical (unpaired) electrons. The minimum absolute atomic E-state index is 0.167. The van der Waals surface area contributed by atoms with Crippen LogP contribution in [-0.4, -0.2) is 46.6 Å². The Morgan fingerprint density at radius 1 is 1.17 bits per heavy atom. The maximum atomic E-state index is 6.08. The highest BCUT2D eigenvalue weighted by molar-refractivity contribution is 5.38. The highest BCUT2D eigenvalue weighted by Crippen LogP contribution is 2.31. The Labute approximate surface area is 135 Å². The Hall–Kier alpha value is -2.18. The van der Waals surface area contributed by atoms with Crippen molar-refractivity contribution in [3.05, 3.63) is 48.2 Å². The molecular weight excluding hydrogens is 290 g/mol. The van der Waals surface area contributed by atoms with Gasteiger partial charge in [-0.3, -0.25) is 4.90 Å². The molecule has 2 fully saturated rings. The zero-order valence-electron chi connectivity index (χ0n) is 12.9. The fraction of sp³-hybridized carbons (Fsp3) is 0.412. The first-order chi connectivity index (χ1) is 11.3. The lowest BCUT2D eigenvalue weighted by Gasteiger charge is -2.35. The molecule has 3 N–H and O–H groups in total. The van der Waals surface area contributed by atoms with Crippen molar-refractivity contribution in [2.45, 2.75) is 24.6 Å². The van der Waals surface area contributed by atoms with E-state index in [1.54, 1.807) is 6.20 Å². The first-order valence-corrected chi connectivity index (χ1v) is 8.03. The molecule has 1 aromatic heterocycles. The second-order valence-electron chi connectivity index (χ2n) is 6.22. The third kappa shape index (κ3) is 3.13. The van der Waals surface area contributed by atoms with Gasteiger partial charge in [-0.15, -0.1) is 0 Å². The van der Waals surface area contributed by atoms with Gasteiger partial charge in [0, 0.05) is 31.4 Å². The van der Waals surface area contributed by atoms with Gasteiger partial charge in [-0.25, -0.2) is 4.98 Å². The fourth-order valence-electron chi connectivity index (χ4n) is 3.51. The van der Waals surface area contributed by atoms with Gasteiger partial charge < -0.3 is 15.8 Å². The number of nitrogens with one attached hydrogen (secondary N) is 1. The second kappa shape index (κ2) is 6.14. The van der Waals surface area contributed by atoms with Crippen molar-refractivity contribution in [3.8, 4) is 0 Å². The van der Waals surface area contributed by atoms with Gasteiger partial charge in [-0.2, -0.15) is 4.98 Å². The van der Waals surface area contributed by atoms with Crippen molar-refractivity contribution in [2.75, 3.05) is 30.7 Å². The molecule has 0 spiro atoms. The van der Waals surface area contributed by atoms with E-state index in [4.69, 9.17) is 10.5 Å². The average Bonchev–Trinajstić information content (AvgIpc) is 2.97. The highest BCUT2D eigenvalue weighted by Gasteiger charge is 2.37. The SMILES string of the molecule is Nc1nccc(N[C@@H]2C[C@H]3CO[C@@H](c4ccccc4)CN3C2)n1. The van der Waals surface area contributed by atoms with Crippen molar-refractivity contribution < 1.29 is 4.74 Å². The zero-order chi connectivity index (χ0) is 15.6. The summed E-state index contributed by atoms with van der Waals surface area (Å²) in [6, 6.07) is 13.2. The molecule has 1 aromatic carbocycles. The van der Waals surface area contributed by atoms with Crippen LogP contribution in [-0.2, 0) is 4.74 Å². The van der Waals surface area contributed by atoms with Crippen molar-refractivity contribution in [2.24, 2.45) is 0 Å². The number of anilines is 2. The van der Waals surface area contributed by atoms with E-state index in [-0.39, 0.29) is 6.10 Å². The molecule has 0 amide bonds. The Morgan fingerprint density at radius 2 is 2.04 bits per heavy atom. The maximum Gasteiger partial charge on any atom is 0.221 e. The molecular formula is C17H21N5O. The lowest BCUT2D eigenvalue weighted by Crippen LogP contribution is -2.42. The molecule has 0 bridgehead atoms. The van der Waals surface area contributed by atoms with Gasteiger partial charge in [-0.1, -0.05) is 30.3 Å². The molecule has 2 saturated heterocycles. The van der Waals surface area contributed by atoms with Crippen molar-refractivity contribution in [3.63, 3.8) is 0 Å². The van der Waals surface area contributed by atoms with Gasteiger partial charge in [-0.05, 0) is 18.1 Å². The first-order valence-electron chi connectivity index (χ1n) is 8.03. The van der Waals surface area contributed by atoms with Crippen molar-refractivity contribution in [1.82, 2.24) is 14.9 Å². The van der Waals surface area contributed by atoms with Gasteiger partial charge >= 0.3 is 0 Å². The van der Waals surface area contributed by atoms with Gasteiger partial charge in [0.05, 0.1) is 12.7 Å². The number of benzene rings is 1. The molecule has 0 saturated carbocycles. The van der Waals surface area contributed by atoms with Gasteiger partial charge in [0.1, 0.15) is 5.82 Å². The number of rotatable bonds is 3. The lowest BCUT2D eigenvalue weighted by molar-refractivity contribution is -0.0501. The lowest BCUT2D eigenvalue weighted by atomic mass is 10.1. The predicted octanol–water partition coefficient (Wildman–Crippen LogP) is 1.69. The van der Waals surface area contributed by atoms with E-state index in [2.05, 4.69) is 44.5 Å². The van der Waals surface area contributed by atoms with Crippen LogP contribution >= 0.6 is 0 Å². The molecule has 6 nitrogen and oxygen atoms in total. The number of aromatic nitrogens is 2. The molecule has 2 aliphatic heterocycles. The largest absolute Gasteiger partial charge is 0.371 e. The van der Waals surface area contributed by atoms with Crippen LogP contribution in [0.25, 0.3) is 0 Å². The van der Waals surface area contributed by atoms with Crippen LogP contribution < -0.4 is 11.1 Å². The topological polar surface area (TPSA) is 76.3 Å². The van der Waals surface area contributed by atoms with Crippen LogP contribution in [0.5, 0.6) is 0 Å². The number of fused-ring (bicyclic) bond motifs is 1. The van der Waals surface area contributed by atoms with Crippen molar-refractivity contribution >= 4 is 11.8 Å².